The topological polar surface area (TPSA) is 9.23 Å². The number of rotatable bonds is 4. The van der Waals surface area contributed by atoms with Crippen LogP contribution in [0.5, 0.6) is 0 Å². The van der Waals surface area contributed by atoms with Crippen LogP contribution in [0, 0.1) is 0 Å². The van der Waals surface area contributed by atoms with Crippen LogP contribution in [0.3, 0.4) is 0 Å². The van der Waals surface area contributed by atoms with E-state index in [-0.39, 0.29) is 0 Å². The molecule has 0 aliphatic carbocycles. The van der Waals surface area contributed by atoms with Gasteiger partial charge in [0, 0.05) is 0 Å². The molecule has 4 aromatic carbocycles. The molecule has 1 heterocycles. The van der Waals surface area contributed by atoms with Crippen LogP contribution in [-0.4, -0.2) is 0 Å². The number of fused-ring (bicyclic) bond motifs is 3. The second-order valence-corrected chi connectivity index (χ2v) is 9.89. The quantitative estimate of drug-likeness (QED) is 0.444. The van der Waals surface area contributed by atoms with Gasteiger partial charge in [0.2, 0.25) is 0 Å². The summed E-state index contributed by atoms with van der Waals surface area (Å²) < 4.78 is 6.06. The summed E-state index contributed by atoms with van der Waals surface area (Å²) in [5, 5.41) is 5.56. The van der Waals surface area contributed by atoms with E-state index in [0.717, 1.165) is 0 Å². The monoisotopic (exact) mass is 412 g/mol. The van der Waals surface area contributed by atoms with Crippen molar-refractivity contribution in [1.82, 2.24) is 0 Å². The van der Waals surface area contributed by atoms with Crippen molar-refractivity contribution in [3.63, 3.8) is 0 Å². The van der Waals surface area contributed by atoms with Crippen molar-refractivity contribution in [3.05, 3.63) is 108 Å². The molecule has 0 N–H and O–H groups in total. The van der Waals surface area contributed by atoms with Gasteiger partial charge in [-0.25, -0.2) is 0 Å². The number of ether oxygens (including phenoxy) is 1. The Morgan fingerprint density at radius 3 is 1.38 bits per heavy atom. The van der Waals surface area contributed by atoms with Gasteiger partial charge in [0.1, 0.15) is 0 Å². The maximum Gasteiger partial charge on any atom is 0.0727 e. The number of hydrogen-bond acceptors (Lipinski definition) is 1. The van der Waals surface area contributed by atoms with E-state index in [2.05, 4.69) is 97.1 Å². The van der Waals surface area contributed by atoms with E-state index in [1.54, 1.807) is 0 Å². The van der Waals surface area contributed by atoms with Crippen molar-refractivity contribution in [2.45, 2.75) is 13.2 Å². The lowest BCUT2D eigenvalue weighted by Crippen LogP contribution is -2.15. The lowest BCUT2D eigenvalue weighted by molar-refractivity contribution is 0.110. The summed E-state index contributed by atoms with van der Waals surface area (Å²) in [6.45, 7) is 1.34. The largest absolute Gasteiger partial charge is 0.372 e. The number of benzene rings is 4. The highest BCUT2D eigenvalue weighted by Crippen LogP contribution is 2.34. The standard InChI is InChI=1S/C26H22OP2/c1-3-11-21(12-4-1)28-23-15-7-9-19-17-27-18-20-10-8-16-24(26(20)25(19)23)29-22-13-5-2-6-14-22/h1-16,28-29H,17-18H2. The van der Waals surface area contributed by atoms with Crippen molar-refractivity contribution in [2.24, 2.45) is 0 Å². The average molecular weight is 412 g/mol. The Bertz CT molecular complexity index is 1030. The SMILES string of the molecule is c1ccc(Pc2cccc3c2-c2c(cccc2Pc2ccccc2)COC3)cc1. The Morgan fingerprint density at radius 1 is 0.483 bits per heavy atom. The van der Waals surface area contributed by atoms with Crippen LogP contribution in [0.4, 0.5) is 0 Å². The lowest BCUT2D eigenvalue weighted by Gasteiger charge is -2.18. The molecule has 0 spiro atoms. The van der Waals surface area contributed by atoms with Gasteiger partial charge < -0.3 is 4.74 Å². The van der Waals surface area contributed by atoms with Crippen LogP contribution in [0.25, 0.3) is 11.1 Å². The molecule has 0 bridgehead atoms. The zero-order valence-corrected chi connectivity index (χ0v) is 18.1. The van der Waals surface area contributed by atoms with Crippen molar-refractivity contribution in [2.75, 3.05) is 0 Å². The first kappa shape index (κ1) is 18.7. The number of hydrogen-bond donors (Lipinski definition) is 0. The molecule has 1 nitrogen and oxygen atoms in total. The van der Waals surface area contributed by atoms with Gasteiger partial charge in [0.15, 0.2) is 0 Å². The summed E-state index contributed by atoms with van der Waals surface area (Å²) in [5.74, 6) is 0. The molecule has 2 atom stereocenters. The van der Waals surface area contributed by atoms with E-state index in [9.17, 15) is 0 Å². The molecular formula is C26H22OP2. The maximum atomic E-state index is 6.06. The predicted molar refractivity (Wildman–Crippen MR) is 128 cm³/mol. The molecule has 1 aliphatic heterocycles. The van der Waals surface area contributed by atoms with Crippen LogP contribution >= 0.6 is 17.2 Å². The Kier molecular flexibility index (Phi) is 5.55. The first-order chi connectivity index (χ1) is 14.4. The molecule has 4 aromatic rings. The van der Waals surface area contributed by atoms with Gasteiger partial charge in [-0.2, -0.15) is 0 Å². The zero-order valence-electron chi connectivity index (χ0n) is 16.1. The van der Waals surface area contributed by atoms with E-state index in [1.165, 1.54) is 43.5 Å². The highest BCUT2D eigenvalue weighted by Gasteiger charge is 2.21. The smallest absolute Gasteiger partial charge is 0.0727 e. The van der Waals surface area contributed by atoms with Gasteiger partial charge >= 0.3 is 0 Å². The fourth-order valence-corrected chi connectivity index (χ4v) is 6.39. The Morgan fingerprint density at radius 2 is 0.931 bits per heavy atom. The molecule has 3 heteroatoms. The van der Waals surface area contributed by atoms with Gasteiger partial charge in [-0.05, 0) is 43.5 Å². The fraction of sp³-hybridized carbons (Fsp3) is 0.0769. The van der Waals surface area contributed by atoms with Crippen molar-refractivity contribution in [1.29, 1.82) is 0 Å². The van der Waals surface area contributed by atoms with E-state index in [1.807, 2.05) is 0 Å². The van der Waals surface area contributed by atoms with Crippen LogP contribution in [0.2, 0.25) is 0 Å². The Balaban J connectivity index is 1.66. The molecule has 0 aromatic heterocycles. The molecule has 0 fully saturated rings. The van der Waals surface area contributed by atoms with Gasteiger partial charge in [-0.3, -0.25) is 0 Å². The summed E-state index contributed by atoms with van der Waals surface area (Å²) in [6, 6.07) is 35.0. The summed E-state index contributed by atoms with van der Waals surface area (Å²) >= 11 is 0. The molecule has 5 rings (SSSR count). The normalized spacial score (nSPS) is 13.5. The summed E-state index contributed by atoms with van der Waals surface area (Å²) in [5.41, 5.74) is 5.38. The van der Waals surface area contributed by atoms with Crippen molar-refractivity contribution >= 4 is 38.4 Å². The van der Waals surface area contributed by atoms with Crippen LogP contribution in [0.1, 0.15) is 11.1 Å². The molecular weight excluding hydrogens is 390 g/mol. The second-order valence-electron chi connectivity index (χ2n) is 7.15. The van der Waals surface area contributed by atoms with Crippen molar-refractivity contribution < 1.29 is 4.74 Å². The Hall–Kier alpha value is -2.30. The molecule has 2 unspecified atom stereocenters. The third-order valence-electron chi connectivity index (χ3n) is 5.17. The molecule has 0 amide bonds. The molecule has 29 heavy (non-hydrogen) atoms. The highest BCUT2D eigenvalue weighted by molar-refractivity contribution is 7.56. The minimum Gasteiger partial charge on any atom is -0.372 e. The van der Waals surface area contributed by atoms with E-state index >= 15 is 0 Å². The van der Waals surface area contributed by atoms with Crippen LogP contribution in [0.15, 0.2) is 97.1 Å². The van der Waals surface area contributed by atoms with Crippen molar-refractivity contribution in [3.8, 4) is 11.1 Å². The van der Waals surface area contributed by atoms with E-state index in [4.69, 9.17) is 4.74 Å². The zero-order chi connectivity index (χ0) is 19.5. The van der Waals surface area contributed by atoms with Crippen LogP contribution in [-0.2, 0) is 18.0 Å². The molecule has 142 valence electrons. The maximum absolute atomic E-state index is 6.06. The molecule has 0 radical (unpaired) electrons. The van der Waals surface area contributed by atoms with Crippen LogP contribution < -0.4 is 21.2 Å². The minimum atomic E-state index is 0.636. The fourth-order valence-electron chi connectivity index (χ4n) is 3.86. The lowest BCUT2D eigenvalue weighted by atomic mass is 9.96. The van der Waals surface area contributed by atoms with Gasteiger partial charge in [-0.15, -0.1) is 0 Å². The van der Waals surface area contributed by atoms with Gasteiger partial charge in [0.25, 0.3) is 0 Å². The third-order valence-corrected chi connectivity index (χ3v) is 7.79. The molecule has 0 saturated carbocycles. The van der Waals surface area contributed by atoms with Gasteiger partial charge in [0.05, 0.1) is 13.2 Å². The van der Waals surface area contributed by atoms with E-state index < -0.39 is 0 Å². The second kappa shape index (κ2) is 8.60. The third kappa shape index (κ3) is 4.05. The van der Waals surface area contributed by atoms with E-state index in [0.29, 0.717) is 30.4 Å². The minimum absolute atomic E-state index is 0.636. The predicted octanol–water partition coefficient (Wildman–Crippen LogP) is 4.64. The Labute approximate surface area is 175 Å². The first-order valence-electron chi connectivity index (χ1n) is 9.84. The average Bonchev–Trinajstić information content (AvgIpc) is 2.96. The molecule has 1 aliphatic rings. The summed E-state index contributed by atoms with van der Waals surface area (Å²) in [7, 11) is 1.27. The molecule has 0 saturated heterocycles. The highest BCUT2D eigenvalue weighted by atomic mass is 31.1. The summed E-state index contributed by atoms with van der Waals surface area (Å²) in [4.78, 5) is 0. The van der Waals surface area contributed by atoms with Gasteiger partial charge in [-0.1, -0.05) is 114 Å². The summed E-state index contributed by atoms with van der Waals surface area (Å²) in [6.07, 6.45) is 0. The first-order valence-corrected chi connectivity index (χ1v) is 11.8.